The summed E-state index contributed by atoms with van der Waals surface area (Å²) in [5, 5.41) is 6.72. The molecule has 1 rings (SSSR count). The molecule has 0 saturated heterocycles. The van der Waals surface area contributed by atoms with Crippen LogP contribution in [-0.4, -0.2) is 26.5 Å². The number of amides is 1. The number of nitrogens with zero attached hydrogens (tertiary/aromatic N) is 2. The molecule has 0 aliphatic rings. The predicted octanol–water partition coefficient (Wildman–Crippen LogP) is 1.29. The van der Waals surface area contributed by atoms with Crippen LogP contribution in [0.4, 0.5) is 0 Å². The summed E-state index contributed by atoms with van der Waals surface area (Å²) >= 11 is 6.02. The van der Waals surface area contributed by atoms with E-state index in [9.17, 15) is 4.79 Å². The molecule has 5 nitrogen and oxygen atoms in total. The van der Waals surface area contributed by atoms with E-state index in [2.05, 4.69) is 14.9 Å². The summed E-state index contributed by atoms with van der Waals surface area (Å²) in [5.74, 6) is -0.192. The molecule has 3 N–H and O–H groups in total. The van der Waals surface area contributed by atoms with Gasteiger partial charge in [-0.1, -0.05) is 37.0 Å². The van der Waals surface area contributed by atoms with Crippen molar-refractivity contribution in [3.8, 4) is 0 Å². The Morgan fingerprint density at radius 3 is 2.82 bits per heavy atom. The number of aryl methyl sites for hydroxylation is 1. The molecule has 0 fully saturated rings. The predicted molar refractivity (Wildman–Crippen MR) is 72.2 cm³/mol. The molecule has 1 unspecified atom stereocenters. The summed E-state index contributed by atoms with van der Waals surface area (Å²) in [5.41, 5.74) is 6.30. The highest BCUT2D eigenvalue weighted by Crippen LogP contribution is 2.11. The summed E-state index contributed by atoms with van der Waals surface area (Å²) in [4.78, 5) is 12.8. The Labute approximate surface area is 110 Å². The molecule has 1 amide bonds. The van der Waals surface area contributed by atoms with Crippen LogP contribution < -0.4 is 11.1 Å². The average molecular weight is 272 g/mol. The molecule has 0 saturated carbocycles. The van der Waals surface area contributed by atoms with Gasteiger partial charge in [0.25, 0.3) is 5.91 Å². The third-order valence-corrected chi connectivity index (χ3v) is 3.37. The monoisotopic (exact) mass is 272 g/mol. The van der Waals surface area contributed by atoms with Crippen LogP contribution in [0.3, 0.4) is 0 Å². The zero-order valence-corrected chi connectivity index (χ0v) is 11.5. The van der Waals surface area contributed by atoms with Crippen molar-refractivity contribution in [2.24, 2.45) is 5.73 Å². The van der Waals surface area contributed by atoms with Crippen molar-refractivity contribution in [3.63, 3.8) is 0 Å². The maximum absolute atomic E-state index is 12.0. The summed E-state index contributed by atoms with van der Waals surface area (Å²) < 4.78 is 3.78. The highest BCUT2D eigenvalue weighted by atomic mass is 32.1. The molecule has 7 heteroatoms. The standard InChI is InChI=1S/C10H16N4OS2/c1-3-5-7(9(11)16)12-10(15)8-6(4-2)13-14-17-8/h7H,3-5H2,1-2H3,(H2,11,16)(H,12,15). The van der Waals surface area contributed by atoms with Crippen LogP contribution in [-0.2, 0) is 6.42 Å². The van der Waals surface area contributed by atoms with Crippen molar-refractivity contribution in [2.75, 3.05) is 0 Å². The molecule has 1 heterocycles. The van der Waals surface area contributed by atoms with E-state index in [0.717, 1.165) is 24.4 Å². The first-order valence-corrected chi connectivity index (χ1v) is 6.69. The van der Waals surface area contributed by atoms with Crippen LogP contribution >= 0.6 is 23.8 Å². The number of hydrogen-bond acceptors (Lipinski definition) is 5. The second kappa shape index (κ2) is 6.61. The minimum atomic E-state index is -0.255. The van der Waals surface area contributed by atoms with Crippen LogP contribution in [0.1, 0.15) is 42.1 Å². The topological polar surface area (TPSA) is 80.9 Å². The van der Waals surface area contributed by atoms with E-state index in [1.54, 1.807) is 0 Å². The molecule has 0 aliphatic carbocycles. The molecule has 0 aliphatic heterocycles. The van der Waals surface area contributed by atoms with E-state index in [0.29, 0.717) is 22.0 Å². The number of hydrogen-bond donors (Lipinski definition) is 2. The van der Waals surface area contributed by atoms with Gasteiger partial charge in [-0.15, -0.1) is 5.10 Å². The van der Waals surface area contributed by atoms with Crippen LogP contribution in [0.2, 0.25) is 0 Å². The van der Waals surface area contributed by atoms with E-state index in [1.807, 2.05) is 13.8 Å². The molecule has 17 heavy (non-hydrogen) atoms. The van der Waals surface area contributed by atoms with Gasteiger partial charge in [-0.3, -0.25) is 4.79 Å². The van der Waals surface area contributed by atoms with E-state index in [-0.39, 0.29) is 11.9 Å². The zero-order valence-electron chi connectivity index (χ0n) is 9.90. The van der Waals surface area contributed by atoms with Gasteiger partial charge in [0, 0.05) is 0 Å². The molecular formula is C10H16N4OS2. The van der Waals surface area contributed by atoms with Gasteiger partial charge < -0.3 is 11.1 Å². The fourth-order valence-electron chi connectivity index (χ4n) is 1.41. The summed E-state index contributed by atoms with van der Waals surface area (Å²) in [6.45, 7) is 3.95. The Morgan fingerprint density at radius 2 is 2.29 bits per heavy atom. The quantitative estimate of drug-likeness (QED) is 0.763. The van der Waals surface area contributed by atoms with Gasteiger partial charge in [0.2, 0.25) is 0 Å². The third kappa shape index (κ3) is 3.71. The van der Waals surface area contributed by atoms with Crippen molar-refractivity contribution >= 4 is 34.6 Å². The van der Waals surface area contributed by atoms with Gasteiger partial charge in [0.1, 0.15) is 4.88 Å². The van der Waals surface area contributed by atoms with Crippen LogP contribution in [0, 0.1) is 0 Å². The Bertz CT molecular complexity index is 405. The van der Waals surface area contributed by atoms with Crippen molar-refractivity contribution < 1.29 is 4.79 Å². The number of nitrogens with one attached hydrogen (secondary N) is 1. The largest absolute Gasteiger partial charge is 0.392 e. The van der Waals surface area contributed by atoms with Crippen molar-refractivity contribution in [1.29, 1.82) is 0 Å². The number of nitrogens with two attached hydrogens (primary N) is 1. The third-order valence-electron chi connectivity index (χ3n) is 2.32. The molecule has 0 radical (unpaired) electrons. The minimum absolute atomic E-state index is 0.192. The normalized spacial score (nSPS) is 12.1. The first-order chi connectivity index (χ1) is 8.10. The van der Waals surface area contributed by atoms with Gasteiger partial charge >= 0.3 is 0 Å². The number of carbonyl (C=O) groups excluding carboxylic acids is 1. The Balaban J connectivity index is 2.73. The van der Waals surface area contributed by atoms with E-state index >= 15 is 0 Å². The van der Waals surface area contributed by atoms with Gasteiger partial charge in [-0.05, 0) is 24.4 Å². The lowest BCUT2D eigenvalue weighted by atomic mass is 10.1. The summed E-state index contributed by atoms with van der Waals surface area (Å²) in [6, 6.07) is -0.255. The fourth-order valence-corrected chi connectivity index (χ4v) is 2.24. The molecule has 0 bridgehead atoms. The van der Waals surface area contributed by atoms with E-state index in [4.69, 9.17) is 18.0 Å². The van der Waals surface area contributed by atoms with Gasteiger partial charge in [-0.2, -0.15) is 0 Å². The van der Waals surface area contributed by atoms with Gasteiger partial charge in [-0.25, -0.2) is 0 Å². The van der Waals surface area contributed by atoms with Gasteiger partial charge in [0.15, 0.2) is 0 Å². The zero-order chi connectivity index (χ0) is 12.8. The maximum Gasteiger partial charge on any atom is 0.265 e. The number of rotatable bonds is 6. The second-order valence-corrected chi connectivity index (χ2v) is 4.84. The molecule has 1 atom stereocenters. The lowest BCUT2D eigenvalue weighted by Crippen LogP contribution is -2.43. The smallest absolute Gasteiger partial charge is 0.265 e. The van der Waals surface area contributed by atoms with Crippen LogP contribution in [0.15, 0.2) is 0 Å². The van der Waals surface area contributed by atoms with Gasteiger partial charge in [0.05, 0.1) is 16.7 Å². The summed E-state index contributed by atoms with van der Waals surface area (Å²) in [6.07, 6.45) is 2.34. The summed E-state index contributed by atoms with van der Waals surface area (Å²) in [7, 11) is 0. The number of thiocarbonyl (C=S) groups is 1. The van der Waals surface area contributed by atoms with Crippen molar-refractivity contribution in [1.82, 2.24) is 14.9 Å². The number of aromatic nitrogens is 2. The van der Waals surface area contributed by atoms with Crippen LogP contribution in [0.5, 0.6) is 0 Å². The van der Waals surface area contributed by atoms with E-state index in [1.165, 1.54) is 0 Å². The molecule has 1 aromatic heterocycles. The highest BCUT2D eigenvalue weighted by molar-refractivity contribution is 7.80. The number of carbonyl (C=O) groups is 1. The molecule has 0 aromatic carbocycles. The van der Waals surface area contributed by atoms with Crippen molar-refractivity contribution in [3.05, 3.63) is 10.6 Å². The van der Waals surface area contributed by atoms with E-state index < -0.39 is 0 Å². The highest BCUT2D eigenvalue weighted by Gasteiger charge is 2.19. The maximum atomic E-state index is 12.0. The molecule has 0 spiro atoms. The Morgan fingerprint density at radius 1 is 1.59 bits per heavy atom. The Hall–Kier alpha value is -1.08. The average Bonchev–Trinajstić information content (AvgIpc) is 2.76. The lowest BCUT2D eigenvalue weighted by molar-refractivity contribution is 0.0948. The van der Waals surface area contributed by atoms with Crippen LogP contribution in [0.25, 0.3) is 0 Å². The SMILES string of the molecule is CCCC(NC(=O)c1snnc1CC)C(N)=S. The molecule has 1 aromatic rings. The minimum Gasteiger partial charge on any atom is -0.392 e. The molecular weight excluding hydrogens is 256 g/mol. The molecule has 94 valence electrons. The first-order valence-electron chi connectivity index (χ1n) is 5.51. The lowest BCUT2D eigenvalue weighted by Gasteiger charge is -2.15. The first kappa shape index (κ1) is 14.0. The fraction of sp³-hybridized carbons (Fsp3) is 0.600. The van der Waals surface area contributed by atoms with Crippen molar-refractivity contribution in [2.45, 2.75) is 39.2 Å². The second-order valence-electron chi connectivity index (χ2n) is 3.62. The Kier molecular flexibility index (Phi) is 5.43.